The fourth-order valence-electron chi connectivity index (χ4n) is 2.88. The van der Waals surface area contributed by atoms with Crippen molar-refractivity contribution in [1.82, 2.24) is 15.1 Å². The van der Waals surface area contributed by atoms with Crippen LogP contribution in [0.3, 0.4) is 0 Å². The molecule has 6 nitrogen and oxygen atoms in total. The van der Waals surface area contributed by atoms with Crippen LogP contribution in [0.4, 0.5) is 4.39 Å². The number of nitrogens with zero attached hydrogens (tertiary/aromatic N) is 2. The molecule has 7 heteroatoms. The second-order valence-corrected chi connectivity index (χ2v) is 5.95. The first-order valence-electron chi connectivity index (χ1n) is 7.40. The first-order valence-corrected chi connectivity index (χ1v) is 7.40. The van der Waals surface area contributed by atoms with Gasteiger partial charge in [-0.05, 0) is 30.9 Å². The van der Waals surface area contributed by atoms with E-state index in [1.807, 2.05) is 0 Å². The van der Waals surface area contributed by atoms with Crippen molar-refractivity contribution in [2.75, 3.05) is 0 Å². The number of aliphatic hydroxyl groups is 1. The van der Waals surface area contributed by atoms with Crippen molar-refractivity contribution in [1.29, 1.82) is 0 Å². The molecule has 1 aliphatic carbocycles. The van der Waals surface area contributed by atoms with Gasteiger partial charge in [0.25, 0.3) is 5.91 Å². The zero-order valence-electron chi connectivity index (χ0n) is 12.6. The monoisotopic (exact) mass is 319 g/mol. The fraction of sp³-hybridized carbons (Fsp3) is 0.375. The molecule has 0 bridgehead atoms. The number of amides is 1. The van der Waals surface area contributed by atoms with E-state index in [9.17, 15) is 19.4 Å². The Morgan fingerprint density at radius 1 is 1.48 bits per heavy atom. The SMILES string of the molecule is Cn1cc([C@H](NC(=O)c2ccc(O)cc2F)C2CC(O)C2)cn1. The first kappa shape index (κ1) is 15.5. The number of aromatic hydroxyl groups is 1. The van der Waals surface area contributed by atoms with Gasteiger partial charge in [0.2, 0.25) is 0 Å². The molecule has 0 radical (unpaired) electrons. The van der Waals surface area contributed by atoms with Crippen molar-refractivity contribution in [3.05, 3.63) is 47.5 Å². The lowest BCUT2D eigenvalue weighted by molar-refractivity contribution is 0.0234. The number of hydrogen-bond donors (Lipinski definition) is 3. The Labute approximate surface area is 132 Å². The zero-order chi connectivity index (χ0) is 16.6. The summed E-state index contributed by atoms with van der Waals surface area (Å²) in [5, 5.41) is 25.7. The minimum Gasteiger partial charge on any atom is -0.508 e. The predicted octanol–water partition coefficient (Wildman–Crippen LogP) is 1.51. The van der Waals surface area contributed by atoms with Gasteiger partial charge < -0.3 is 15.5 Å². The van der Waals surface area contributed by atoms with Gasteiger partial charge in [0.1, 0.15) is 11.6 Å². The molecule has 1 aromatic heterocycles. The van der Waals surface area contributed by atoms with Crippen LogP contribution in [0.15, 0.2) is 30.6 Å². The fourth-order valence-corrected chi connectivity index (χ4v) is 2.88. The standard InChI is InChI=1S/C16H18FN3O3/c1-20-8-10(7-18-20)15(9-4-12(22)5-9)19-16(23)13-3-2-11(21)6-14(13)17/h2-3,6-9,12,15,21-22H,4-5H2,1H3,(H,19,23)/t9?,12?,15-/m1/s1. The lowest BCUT2D eigenvalue weighted by atomic mass is 9.75. The summed E-state index contributed by atoms with van der Waals surface area (Å²) in [6, 6.07) is 3.08. The number of nitrogens with one attached hydrogen (secondary N) is 1. The summed E-state index contributed by atoms with van der Waals surface area (Å²) < 4.78 is 15.5. The Bertz CT molecular complexity index is 725. The molecule has 3 N–H and O–H groups in total. The zero-order valence-corrected chi connectivity index (χ0v) is 12.6. The number of halogens is 1. The van der Waals surface area contributed by atoms with E-state index in [0.717, 1.165) is 11.6 Å². The van der Waals surface area contributed by atoms with E-state index in [1.165, 1.54) is 12.1 Å². The lowest BCUT2D eigenvalue weighted by Crippen LogP contribution is -2.41. The molecule has 1 atom stereocenters. The topological polar surface area (TPSA) is 87.4 Å². The molecule has 3 rings (SSSR count). The second kappa shape index (κ2) is 6.00. The summed E-state index contributed by atoms with van der Waals surface area (Å²) in [5.74, 6) is -1.48. The molecule has 2 aromatic rings. The van der Waals surface area contributed by atoms with Gasteiger partial charge in [0, 0.05) is 24.9 Å². The Kier molecular flexibility index (Phi) is 4.04. The molecule has 23 heavy (non-hydrogen) atoms. The smallest absolute Gasteiger partial charge is 0.254 e. The van der Waals surface area contributed by atoms with Crippen molar-refractivity contribution in [2.45, 2.75) is 25.0 Å². The van der Waals surface area contributed by atoms with Crippen LogP contribution in [0.1, 0.15) is 34.8 Å². The first-order chi connectivity index (χ1) is 10.9. The number of carbonyl (C=O) groups excluding carboxylic acids is 1. The highest BCUT2D eigenvalue weighted by atomic mass is 19.1. The third-order valence-electron chi connectivity index (χ3n) is 4.19. The highest BCUT2D eigenvalue weighted by Gasteiger charge is 2.36. The third-order valence-corrected chi connectivity index (χ3v) is 4.19. The Balaban J connectivity index is 1.81. The molecule has 0 saturated heterocycles. The van der Waals surface area contributed by atoms with Crippen molar-refractivity contribution in [3.63, 3.8) is 0 Å². The van der Waals surface area contributed by atoms with Gasteiger partial charge in [-0.1, -0.05) is 0 Å². The van der Waals surface area contributed by atoms with Crippen LogP contribution in [-0.4, -0.2) is 32.0 Å². The van der Waals surface area contributed by atoms with Crippen LogP contribution in [-0.2, 0) is 7.05 Å². The lowest BCUT2D eigenvalue weighted by Gasteiger charge is -2.37. The van der Waals surface area contributed by atoms with Gasteiger partial charge in [0.15, 0.2) is 0 Å². The van der Waals surface area contributed by atoms with Crippen LogP contribution >= 0.6 is 0 Å². The molecular weight excluding hydrogens is 301 g/mol. The number of rotatable bonds is 4. The number of hydrogen-bond acceptors (Lipinski definition) is 4. The molecule has 1 fully saturated rings. The van der Waals surface area contributed by atoms with E-state index in [0.29, 0.717) is 12.8 Å². The van der Waals surface area contributed by atoms with Crippen LogP contribution in [0.5, 0.6) is 5.75 Å². The van der Waals surface area contributed by atoms with Gasteiger partial charge in [-0.25, -0.2) is 4.39 Å². The van der Waals surface area contributed by atoms with E-state index in [1.54, 1.807) is 24.1 Å². The second-order valence-electron chi connectivity index (χ2n) is 5.95. The van der Waals surface area contributed by atoms with Gasteiger partial charge in [0.05, 0.1) is 23.9 Å². The molecule has 0 unspecified atom stereocenters. The maximum atomic E-state index is 13.8. The minimum absolute atomic E-state index is 0.0818. The number of aliphatic hydroxyl groups excluding tert-OH is 1. The minimum atomic E-state index is -0.777. The highest BCUT2D eigenvalue weighted by Crippen LogP contribution is 2.38. The summed E-state index contributed by atoms with van der Waals surface area (Å²) in [4.78, 5) is 12.4. The van der Waals surface area contributed by atoms with E-state index >= 15 is 0 Å². The summed E-state index contributed by atoms with van der Waals surface area (Å²) in [6.07, 6.45) is 4.25. The number of benzene rings is 1. The molecule has 0 aliphatic heterocycles. The molecule has 1 amide bonds. The van der Waals surface area contributed by atoms with Gasteiger partial charge >= 0.3 is 0 Å². The molecule has 122 valence electrons. The number of phenols is 1. The Morgan fingerprint density at radius 2 is 2.22 bits per heavy atom. The van der Waals surface area contributed by atoms with E-state index in [-0.39, 0.29) is 29.4 Å². The molecule has 0 spiro atoms. The predicted molar refractivity (Wildman–Crippen MR) is 80.2 cm³/mol. The largest absolute Gasteiger partial charge is 0.508 e. The van der Waals surface area contributed by atoms with Crippen LogP contribution in [0.25, 0.3) is 0 Å². The van der Waals surface area contributed by atoms with Crippen molar-refractivity contribution in [3.8, 4) is 5.75 Å². The average Bonchev–Trinajstić information content (AvgIpc) is 2.88. The average molecular weight is 319 g/mol. The van der Waals surface area contributed by atoms with E-state index in [4.69, 9.17) is 0 Å². The van der Waals surface area contributed by atoms with Crippen LogP contribution < -0.4 is 5.32 Å². The third kappa shape index (κ3) is 3.19. The highest BCUT2D eigenvalue weighted by molar-refractivity contribution is 5.94. The quantitative estimate of drug-likeness (QED) is 0.797. The Morgan fingerprint density at radius 3 is 2.78 bits per heavy atom. The molecular formula is C16H18FN3O3. The summed E-state index contributed by atoms with van der Waals surface area (Å²) >= 11 is 0. The number of aromatic nitrogens is 2. The maximum absolute atomic E-state index is 13.8. The van der Waals surface area contributed by atoms with Crippen molar-refractivity contribution >= 4 is 5.91 Å². The number of carbonyl (C=O) groups is 1. The number of phenolic OH excluding ortho intramolecular Hbond substituents is 1. The van der Waals surface area contributed by atoms with E-state index in [2.05, 4.69) is 10.4 Å². The van der Waals surface area contributed by atoms with Gasteiger partial charge in [-0.2, -0.15) is 5.10 Å². The molecule has 1 saturated carbocycles. The van der Waals surface area contributed by atoms with Crippen LogP contribution in [0.2, 0.25) is 0 Å². The molecule has 1 heterocycles. The van der Waals surface area contributed by atoms with Crippen molar-refractivity contribution in [2.24, 2.45) is 13.0 Å². The summed E-state index contributed by atoms with van der Waals surface area (Å²) in [6.45, 7) is 0. The number of aryl methyl sites for hydroxylation is 1. The normalized spacial score (nSPS) is 21.5. The molecule has 1 aliphatic rings. The van der Waals surface area contributed by atoms with Gasteiger partial charge in [-0.3, -0.25) is 9.48 Å². The van der Waals surface area contributed by atoms with Gasteiger partial charge in [-0.15, -0.1) is 0 Å². The summed E-state index contributed by atoms with van der Waals surface area (Å²) in [5.41, 5.74) is 0.688. The van der Waals surface area contributed by atoms with E-state index < -0.39 is 11.7 Å². The van der Waals surface area contributed by atoms with Crippen molar-refractivity contribution < 1.29 is 19.4 Å². The maximum Gasteiger partial charge on any atom is 0.254 e. The summed E-state index contributed by atoms with van der Waals surface area (Å²) in [7, 11) is 1.78. The Hall–Kier alpha value is -2.41. The molecule has 1 aromatic carbocycles. The van der Waals surface area contributed by atoms with Crippen LogP contribution in [0, 0.1) is 11.7 Å².